The third kappa shape index (κ3) is 4.52. The molecule has 0 spiro atoms. The number of amides is 1. The number of anilines is 1. The van der Waals surface area contributed by atoms with Gasteiger partial charge in [0.1, 0.15) is 11.3 Å². The fourth-order valence-corrected chi connectivity index (χ4v) is 4.63. The van der Waals surface area contributed by atoms with Crippen LogP contribution in [0.2, 0.25) is 0 Å². The van der Waals surface area contributed by atoms with E-state index in [0.717, 1.165) is 39.2 Å². The summed E-state index contributed by atoms with van der Waals surface area (Å²) in [4.78, 5) is 22.2. The molecule has 32 heavy (non-hydrogen) atoms. The summed E-state index contributed by atoms with van der Waals surface area (Å²) in [5.41, 5.74) is 4.78. The van der Waals surface area contributed by atoms with Crippen molar-refractivity contribution in [2.45, 2.75) is 6.92 Å². The van der Waals surface area contributed by atoms with Gasteiger partial charge in [-0.15, -0.1) is 0 Å². The SMILES string of the molecule is COc1ccc(C)c2sc(N(CCN(C)C)C(=O)c3ccc(-c4ccccc4)cc3)nc12. The Balaban J connectivity index is 1.69. The predicted molar refractivity (Wildman–Crippen MR) is 133 cm³/mol. The first-order valence-corrected chi connectivity index (χ1v) is 11.4. The van der Waals surface area contributed by atoms with Gasteiger partial charge in [0.05, 0.1) is 11.8 Å². The highest BCUT2D eigenvalue weighted by Crippen LogP contribution is 2.37. The molecule has 0 atom stereocenters. The third-order valence-electron chi connectivity index (χ3n) is 5.40. The Kier molecular flexibility index (Phi) is 6.53. The molecule has 4 rings (SSSR count). The molecule has 1 amide bonds. The van der Waals surface area contributed by atoms with Crippen LogP contribution < -0.4 is 9.64 Å². The first kappa shape index (κ1) is 22.0. The molecule has 4 aromatic rings. The number of benzene rings is 3. The highest BCUT2D eigenvalue weighted by molar-refractivity contribution is 7.22. The minimum absolute atomic E-state index is 0.0536. The number of aryl methyl sites for hydroxylation is 1. The number of nitrogens with zero attached hydrogens (tertiary/aromatic N) is 3. The minimum Gasteiger partial charge on any atom is -0.494 e. The molecule has 0 saturated carbocycles. The molecule has 0 saturated heterocycles. The quantitative estimate of drug-likeness (QED) is 0.377. The number of likely N-dealkylation sites (N-methyl/N-ethyl adjacent to an activating group) is 1. The number of hydrogen-bond donors (Lipinski definition) is 0. The summed E-state index contributed by atoms with van der Waals surface area (Å²) in [7, 11) is 5.65. The van der Waals surface area contributed by atoms with Crippen molar-refractivity contribution in [1.29, 1.82) is 0 Å². The van der Waals surface area contributed by atoms with E-state index in [1.807, 2.05) is 68.7 Å². The van der Waals surface area contributed by atoms with E-state index < -0.39 is 0 Å². The molecule has 0 bridgehead atoms. The van der Waals surface area contributed by atoms with Gasteiger partial charge >= 0.3 is 0 Å². The maximum absolute atomic E-state index is 13.6. The van der Waals surface area contributed by atoms with Crippen molar-refractivity contribution < 1.29 is 9.53 Å². The molecule has 0 fully saturated rings. The topological polar surface area (TPSA) is 45.7 Å². The second-order valence-corrected chi connectivity index (χ2v) is 8.94. The molecule has 5 nitrogen and oxygen atoms in total. The van der Waals surface area contributed by atoms with Gasteiger partial charge in [0.15, 0.2) is 5.13 Å². The monoisotopic (exact) mass is 445 g/mol. The van der Waals surface area contributed by atoms with E-state index in [1.165, 1.54) is 11.3 Å². The van der Waals surface area contributed by atoms with E-state index in [2.05, 4.69) is 24.0 Å². The summed E-state index contributed by atoms with van der Waals surface area (Å²) in [5, 5.41) is 0.687. The van der Waals surface area contributed by atoms with Crippen molar-refractivity contribution in [2.75, 3.05) is 39.2 Å². The number of hydrogen-bond acceptors (Lipinski definition) is 5. The predicted octanol–water partition coefficient (Wildman–Crippen LogP) is 5.49. The van der Waals surface area contributed by atoms with Gasteiger partial charge in [-0.25, -0.2) is 4.98 Å². The van der Waals surface area contributed by atoms with Gasteiger partial charge in [-0.3, -0.25) is 9.69 Å². The zero-order valence-corrected chi connectivity index (χ0v) is 19.6. The molecule has 1 aromatic heterocycles. The van der Waals surface area contributed by atoms with Crippen LogP contribution in [0.25, 0.3) is 21.3 Å². The molecule has 0 aliphatic carbocycles. The largest absolute Gasteiger partial charge is 0.494 e. The van der Waals surface area contributed by atoms with Crippen molar-refractivity contribution in [3.05, 3.63) is 77.9 Å². The first-order valence-electron chi connectivity index (χ1n) is 10.5. The van der Waals surface area contributed by atoms with Crippen molar-refractivity contribution in [3.8, 4) is 16.9 Å². The second-order valence-electron chi connectivity index (χ2n) is 7.96. The zero-order chi connectivity index (χ0) is 22.7. The fraction of sp³-hybridized carbons (Fsp3) is 0.231. The Morgan fingerprint density at radius 3 is 2.28 bits per heavy atom. The first-order chi connectivity index (χ1) is 15.5. The summed E-state index contributed by atoms with van der Waals surface area (Å²) in [6.45, 7) is 3.34. The van der Waals surface area contributed by atoms with E-state index in [1.54, 1.807) is 12.0 Å². The highest BCUT2D eigenvalue weighted by Gasteiger charge is 2.23. The van der Waals surface area contributed by atoms with Crippen molar-refractivity contribution in [2.24, 2.45) is 0 Å². The summed E-state index contributed by atoms with van der Waals surface area (Å²) in [5.74, 6) is 0.669. The lowest BCUT2D eigenvalue weighted by molar-refractivity contribution is 0.0985. The van der Waals surface area contributed by atoms with Gasteiger partial charge in [0, 0.05) is 18.7 Å². The van der Waals surface area contributed by atoms with Crippen LogP contribution >= 0.6 is 11.3 Å². The van der Waals surface area contributed by atoms with Crippen LogP contribution in [-0.2, 0) is 0 Å². The second kappa shape index (κ2) is 9.51. The molecular formula is C26H27N3O2S. The van der Waals surface area contributed by atoms with Crippen LogP contribution in [0.1, 0.15) is 15.9 Å². The van der Waals surface area contributed by atoms with E-state index in [9.17, 15) is 4.79 Å². The number of carbonyl (C=O) groups excluding carboxylic acids is 1. The van der Waals surface area contributed by atoms with Crippen molar-refractivity contribution in [3.63, 3.8) is 0 Å². The smallest absolute Gasteiger partial charge is 0.260 e. The molecule has 1 heterocycles. The average Bonchev–Trinajstić information content (AvgIpc) is 3.26. The van der Waals surface area contributed by atoms with Crippen LogP contribution in [0, 0.1) is 6.92 Å². The Morgan fingerprint density at radius 1 is 0.938 bits per heavy atom. The van der Waals surface area contributed by atoms with E-state index in [0.29, 0.717) is 17.2 Å². The summed E-state index contributed by atoms with van der Waals surface area (Å²) in [6.07, 6.45) is 0. The molecular weight excluding hydrogens is 418 g/mol. The van der Waals surface area contributed by atoms with Crippen LogP contribution in [0.5, 0.6) is 5.75 Å². The number of fused-ring (bicyclic) bond motifs is 1. The Labute approximate surface area is 192 Å². The minimum atomic E-state index is -0.0536. The maximum atomic E-state index is 13.6. The Hall–Kier alpha value is -3.22. The van der Waals surface area contributed by atoms with Gasteiger partial charge in [0.2, 0.25) is 0 Å². The molecule has 6 heteroatoms. The van der Waals surface area contributed by atoms with Gasteiger partial charge in [-0.1, -0.05) is 59.9 Å². The summed E-state index contributed by atoms with van der Waals surface area (Å²) < 4.78 is 6.55. The van der Waals surface area contributed by atoms with E-state index in [-0.39, 0.29) is 5.91 Å². The van der Waals surface area contributed by atoms with Crippen LogP contribution in [-0.4, -0.2) is 50.1 Å². The Bertz CT molecular complexity index is 1220. The molecule has 0 aliphatic rings. The average molecular weight is 446 g/mol. The highest BCUT2D eigenvalue weighted by atomic mass is 32.1. The van der Waals surface area contributed by atoms with Gasteiger partial charge < -0.3 is 9.64 Å². The Morgan fingerprint density at radius 2 is 1.62 bits per heavy atom. The number of aromatic nitrogens is 1. The summed E-state index contributed by atoms with van der Waals surface area (Å²) in [6, 6.07) is 21.9. The van der Waals surface area contributed by atoms with Gasteiger partial charge in [-0.2, -0.15) is 0 Å². The molecule has 0 N–H and O–H groups in total. The standard InChI is InChI=1S/C26H27N3O2S/c1-18-10-15-22(31-4)23-24(18)32-26(27-23)29(17-16-28(2)3)25(30)21-13-11-20(12-14-21)19-8-6-5-7-9-19/h5-15H,16-17H2,1-4H3. The van der Waals surface area contributed by atoms with Crippen molar-refractivity contribution >= 4 is 32.6 Å². The van der Waals surface area contributed by atoms with Crippen molar-refractivity contribution in [1.82, 2.24) is 9.88 Å². The van der Waals surface area contributed by atoms with Gasteiger partial charge in [-0.05, 0) is 55.9 Å². The number of thiazole rings is 1. The van der Waals surface area contributed by atoms with E-state index in [4.69, 9.17) is 9.72 Å². The number of methoxy groups -OCH3 is 1. The van der Waals surface area contributed by atoms with Crippen LogP contribution in [0.15, 0.2) is 66.7 Å². The maximum Gasteiger partial charge on any atom is 0.260 e. The lowest BCUT2D eigenvalue weighted by Crippen LogP contribution is -2.36. The van der Waals surface area contributed by atoms with Crippen LogP contribution in [0.3, 0.4) is 0 Å². The molecule has 0 radical (unpaired) electrons. The lowest BCUT2D eigenvalue weighted by atomic mass is 10.0. The number of carbonyl (C=O) groups is 1. The third-order valence-corrected chi connectivity index (χ3v) is 6.61. The molecule has 3 aromatic carbocycles. The summed E-state index contributed by atoms with van der Waals surface area (Å²) >= 11 is 1.53. The number of rotatable bonds is 7. The normalized spacial score (nSPS) is 11.2. The lowest BCUT2D eigenvalue weighted by Gasteiger charge is -2.22. The van der Waals surface area contributed by atoms with Gasteiger partial charge in [0.25, 0.3) is 5.91 Å². The fourth-order valence-electron chi connectivity index (χ4n) is 3.55. The van der Waals surface area contributed by atoms with Crippen LogP contribution in [0.4, 0.5) is 5.13 Å². The van der Waals surface area contributed by atoms with E-state index >= 15 is 0 Å². The molecule has 0 aliphatic heterocycles. The molecule has 0 unspecified atom stereocenters. The number of ether oxygens (including phenoxy) is 1. The molecule has 164 valence electrons. The zero-order valence-electron chi connectivity index (χ0n) is 18.8.